The van der Waals surface area contributed by atoms with Crippen molar-refractivity contribution in [3.05, 3.63) is 47.4 Å². The van der Waals surface area contributed by atoms with E-state index in [0.29, 0.717) is 17.1 Å². The second-order valence-electron chi connectivity index (χ2n) is 4.20. The quantitative estimate of drug-likeness (QED) is 0.830. The maximum absolute atomic E-state index is 12.1. The Labute approximate surface area is 116 Å². The number of furan rings is 1. The third kappa shape index (κ3) is 2.99. The lowest BCUT2D eigenvalue weighted by molar-refractivity contribution is 0.475. The molecule has 0 fully saturated rings. The Balaban J connectivity index is 2.20. The highest BCUT2D eigenvalue weighted by Crippen LogP contribution is 2.19. The predicted octanol–water partition coefficient (Wildman–Crippen LogP) is 1.52. The van der Waals surface area contributed by atoms with Gasteiger partial charge in [0.05, 0.1) is 23.9 Å². The fourth-order valence-electron chi connectivity index (χ4n) is 1.69. The van der Waals surface area contributed by atoms with Gasteiger partial charge in [0, 0.05) is 0 Å². The lowest BCUT2D eigenvalue weighted by atomic mass is 10.2. The standard InChI is InChI=1S/C13H13N3O3S/c1-9-2-4-11(19-9)8-16-20(17,18)13-5-3-10(7-14)6-12(13)15/h2-6,16H,8,15H2,1H3. The Morgan fingerprint density at radius 1 is 1.35 bits per heavy atom. The van der Waals surface area contributed by atoms with Gasteiger partial charge in [-0.2, -0.15) is 5.26 Å². The molecule has 0 atom stereocenters. The van der Waals surface area contributed by atoms with Crippen LogP contribution in [0.15, 0.2) is 39.6 Å². The minimum Gasteiger partial charge on any atom is -0.465 e. The fraction of sp³-hybridized carbons (Fsp3) is 0.154. The number of nitrogen functional groups attached to an aromatic ring is 1. The van der Waals surface area contributed by atoms with E-state index in [9.17, 15) is 8.42 Å². The molecule has 0 bridgehead atoms. The summed E-state index contributed by atoms with van der Waals surface area (Å²) < 4.78 is 31.9. The van der Waals surface area contributed by atoms with Gasteiger partial charge in [0.15, 0.2) is 0 Å². The van der Waals surface area contributed by atoms with Gasteiger partial charge in [0.25, 0.3) is 0 Å². The van der Waals surface area contributed by atoms with Crippen molar-refractivity contribution in [3.63, 3.8) is 0 Å². The number of aryl methyl sites for hydroxylation is 1. The zero-order chi connectivity index (χ0) is 14.8. The van der Waals surface area contributed by atoms with Gasteiger partial charge in [-0.1, -0.05) is 0 Å². The van der Waals surface area contributed by atoms with Crippen molar-refractivity contribution >= 4 is 15.7 Å². The molecule has 1 heterocycles. The maximum atomic E-state index is 12.1. The molecule has 6 nitrogen and oxygen atoms in total. The van der Waals surface area contributed by atoms with Crippen LogP contribution in [0.2, 0.25) is 0 Å². The first-order valence-electron chi connectivity index (χ1n) is 5.77. The highest BCUT2D eigenvalue weighted by molar-refractivity contribution is 7.89. The van der Waals surface area contributed by atoms with Gasteiger partial charge in [-0.05, 0) is 37.3 Å². The molecule has 0 unspecified atom stereocenters. The van der Waals surface area contributed by atoms with E-state index >= 15 is 0 Å². The lowest BCUT2D eigenvalue weighted by Crippen LogP contribution is -2.24. The Morgan fingerprint density at radius 3 is 2.65 bits per heavy atom. The number of nitrogens with two attached hydrogens (primary N) is 1. The smallest absolute Gasteiger partial charge is 0.243 e. The summed E-state index contributed by atoms with van der Waals surface area (Å²) in [6.45, 7) is 1.81. The molecular formula is C13H13N3O3S. The number of nitrogens with one attached hydrogen (secondary N) is 1. The van der Waals surface area contributed by atoms with Crippen molar-refractivity contribution in [2.24, 2.45) is 0 Å². The second-order valence-corrected chi connectivity index (χ2v) is 5.94. The molecule has 0 aliphatic carbocycles. The van der Waals surface area contributed by atoms with E-state index in [0.717, 1.165) is 0 Å². The van der Waals surface area contributed by atoms with E-state index in [4.69, 9.17) is 15.4 Å². The van der Waals surface area contributed by atoms with Crippen LogP contribution in [-0.2, 0) is 16.6 Å². The molecule has 3 N–H and O–H groups in total. The molecule has 7 heteroatoms. The van der Waals surface area contributed by atoms with Crippen LogP contribution in [0.1, 0.15) is 17.1 Å². The van der Waals surface area contributed by atoms with Gasteiger partial charge >= 0.3 is 0 Å². The first kappa shape index (κ1) is 14.1. The van der Waals surface area contributed by atoms with E-state index in [-0.39, 0.29) is 17.1 Å². The highest BCUT2D eigenvalue weighted by atomic mass is 32.2. The molecule has 1 aromatic carbocycles. The number of rotatable bonds is 4. The molecule has 0 saturated heterocycles. The topological polar surface area (TPSA) is 109 Å². The van der Waals surface area contributed by atoms with Crippen molar-refractivity contribution in [1.29, 1.82) is 5.26 Å². The monoisotopic (exact) mass is 291 g/mol. The van der Waals surface area contributed by atoms with Crippen LogP contribution in [0.3, 0.4) is 0 Å². The highest BCUT2D eigenvalue weighted by Gasteiger charge is 2.18. The third-order valence-electron chi connectivity index (χ3n) is 2.66. The van der Waals surface area contributed by atoms with E-state index in [1.807, 2.05) is 6.07 Å². The molecule has 0 radical (unpaired) electrons. The zero-order valence-electron chi connectivity index (χ0n) is 10.8. The Morgan fingerprint density at radius 2 is 2.10 bits per heavy atom. The number of benzene rings is 1. The summed E-state index contributed by atoms with van der Waals surface area (Å²) in [6, 6.07) is 9.38. The van der Waals surface area contributed by atoms with Gasteiger partial charge in [-0.15, -0.1) is 0 Å². The number of nitrogens with zero attached hydrogens (tertiary/aromatic N) is 1. The zero-order valence-corrected chi connectivity index (χ0v) is 11.6. The molecule has 2 aromatic rings. The summed E-state index contributed by atoms with van der Waals surface area (Å²) >= 11 is 0. The summed E-state index contributed by atoms with van der Waals surface area (Å²) in [5.41, 5.74) is 6.01. The molecule has 104 valence electrons. The number of nitriles is 1. The summed E-state index contributed by atoms with van der Waals surface area (Å²) in [4.78, 5) is -0.0558. The third-order valence-corrected chi connectivity index (χ3v) is 4.14. The van der Waals surface area contributed by atoms with Crippen LogP contribution < -0.4 is 10.5 Å². The van der Waals surface area contributed by atoms with Gasteiger partial charge in [0.2, 0.25) is 10.0 Å². The van der Waals surface area contributed by atoms with Crippen molar-refractivity contribution in [2.75, 3.05) is 5.73 Å². The molecule has 0 saturated carbocycles. The molecule has 0 spiro atoms. The molecule has 0 aliphatic rings. The van der Waals surface area contributed by atoms with Gasteiger partial charge in [-0.3, -0.25) is 0 Å². The molecule has 1 aromatic heterocycles. The van der Waals surface area contributed by atoms with Gasteiger partial charge in [0.1, 0.15) is 16.4 Å². The van der Waals surface area contributed by atoms with Crippen LogP contribution in [-0.4, -0.2) is 8.42 Å². The summed E-state index contributed by atoms with van der Waals surface area (Å²) in [6.07, 6.45) is 0. The maximum Gasteiger partial charge on any atom is 0.243 e. The van der Waals surface area contributed by atoms with E-state index in [1.165, 1.54) is 18.2 Å². The van der Waals surface area contributed by atoms with E-state index in [1.54, 1.807) is 19.1 Å². The molecule has 0 aliphatic heterocycles. The van der Waals surface area contributed by atoms with Crippen molar-refractivity contribution in [2.45, 2.75) is 18.4 Å². The van der Waals surface area contributed by atoms with Crippen molar-refractivity contribution in [3.8, 4) is 6.07 Å². The van der Waals surface area contributed by atoms with Crippen LogP contribution in [0.5, 0.6) is 0 Å². The Hall–Kier alpha value is -2.30. The summed E-state index contributed by atoms with van der Waals surface area (Å²) in [7, 11) is -3.75. The van der Waals surface area contributed by atoms with Crippen molar-refractivity contribution in [1.82, 2.24) is 4.72 Å². The lowest BCUT2D eigenvalue weighted by Gasteiger charge is -2.08. The van der Waals surface area contributed by atoms with Crippen LogP contribution in [0.25, 0.3) is 0 Å². The van der Waals surface area contributed by atoms with Crippen LogP contribution in [0, 0.1) is 18.3 Å². The molecule has 20 heavy (non-hydrogen) atoms. The first-order valence-corrected chi connectivity index (χ1v) is 7.25. The van der Waals surface area contributed by atoms with E-state index < -0.39 is 10.0 Å². The Bertz CT molecular complexity index is 772. The average Bonchev–Trinajstić information content (AvgIpc) is 2.82. The number of hydrogen-bond donors (Lipinski definition) is 2. The van der Waals surface area contributed by atoms with Crippen LogP contribution >= 0.6 is 0 Å². The summed E-state index contributed by atoms with van der Waals surface area (Å²) in [5.74, 6) is 1.22. The fourth-order valence-corrected chi connectivity index (χ4v) is 2.79. The molecule has 0 amide bonds. The van der Waals surface area contributed by atoms with Crippen LogP contribution in [0.4, 0.5) is 5.69 Å². The number of sulfonamides is 1. The number of hydrogen-bond acceptors (Lipinski definition) is 5. The van der Waals surface area contributed by atoms with Gasteiger partial charge < -0.3 is 10.2 Å². The largest absolute Gasteiger partial charge is 0.465 e. The minimum absolute atomic E-state index is 0.0344. The minimum atomic E-state index is -3.75. The number of anilines is 1. The average molecular weight is 291 g/mol. The van der Waals surface area contributed by atoms with Gasteiger partial charge in [-0.25, -0.2) is 13.1 Å². The summed E-state index contributed by atoms with van der Waals surface area (Å²) in [5, 5.41) is 8.73. The normalized spacial score (nSPS) is 11.2. The second kappa shape index (κ2) is 5.36. The molecule has 2 rings (SSSR count). The van der Waals surface area contributed by atoms with Crippen molar-refractivity contribution < 1.29 is 12.8 Å². The van der Waals surface area contributed by atoms with E-state index in [2.05, 4.69) is 4.72 Å². The molecular weight excluding hydrogens is 278 g/mol. The predicted molar refractivity (Wildman–Crippen MR) is 73.0 cm³/mol. The SMILES string of the molecule is Cc1ccc(CNS(=O)(=O)c2ccc(C#N)cc2N)o1. The Kier molecular flexibility index (Phi) is 3.79. The first-order chi connectivity index (χ1) is 9.42.